The van der Waals surface area contributed by atoms with Crippen molar-refractivity contribution < 1.29 is 4.92 Å². The van der Waals surface area contributed by atoms with Crippen molar-refractivity contribution >= 4 is 22.3 Å². The number of para-hydroxylation sites is 1. The lowest BCUT2D eigenvalue weighted by atomic mass is 10.1. The van der Waals surface area contributed by atoms with Crippen molar-refractivity contribution in [1.82, 2.24) is 4.98 Å². The Labute approximate surface area is 111 Å². The van der Waals surface area contributed by atoms with Crippen molar-refractivity contribution in [2.24, 2.45) is 5.92 Å². The quantitative estimate of drug-likeness (QED) is 0.672. The Kier molecular flexibility index (Phi) is 3.64. The second-order valence-corrected chi connectivity index (χ2v) is 4.97. The second-order valence-electron chi connectivity index (χ2n) is 4.97. The van der Waals surface area contributed by atoms with Crippen molar-refractivity contribution in [1.29, 1.82) is 0 Å². The number of nitro groups is 1. The first-order chi connectivity index (χ1) is 9.00. The molecule has 0 amide bonds. The minimum atomic E-state index is -0.398. The number of hydrogen-bond acceptors (Lipinski definition) is 4. The third kappa shape index (κ3) is 2.65. The van der Waals surface area contributed by atoms with E-state index in [1.54, 1.807) is 12.3 Å². The van der Waals surface area contributed by atoms with Gasteiger partial charge in [0, 0.05) is 29.4 Å². The van der Waals surface area contributed by atoms with E-state index in [4.69, 9.17) is 0 Å². The first kappa shape index (κ1) is 13.3. The Morgan fingerprint density at radius 3 is 2.63 bits per heavy atom. The second kappa shape index (κ2) is 5.22. The molecule has 0 aliphatic carbocycles. The van der Waals surface area contributed by atoms with E-state index >= 15 is 0 Å². The summed E-state index contributed by atoms with van der Waals surface area (Å²) in [6, 6.07) is 7.15. The summed E-state index contributed by atoms with van der Waals surface area (Å²) in [4.78, 5) is 14.7. The Balaban J connectivity index is 2.52. The summed E-state index contributed by atoms with van der Waals surface area (Å²) in [5, 5.41) is 15.2. The fourth-order valence-corrected chi connectivity index (χ4v) is 1.85. The minimum absolute atomic E-state index is 0.0401. The fraction of sp³-hybridized carbons (Fsp3) is 0.357. The molecule has 1 N–H and O–H groups in total. The molecule has 5 nitrogen and oxygen atoms in total. The molecule has 1 aromatic heterocycles. The summed E-state index contributed by atoms with van der Waals surface area (Å²) < 4.78 is 0. The van der Waals surface area contributed by atoms with Gasteiger partial charge in [-0.25, -0.2) is 4.98 Å². The molecule has 0 bridgehead atoms. The van der Waals surface area contributed by atoms with Gasteiger partial charge in [-0.2, -0.15) is 0 Å². The van der Waals surface area contributed by atoms with Crippen LogP contribution < -0.4 is 5.32 Å². The van der Waals surface area contributed by atoms with Gasteiger partial charge in [-0.15, -0.1) is 0 Å². The van der Waals surface area contributed by atoms with Crippen LogP contribution in [0.4, 0.5) is 11.4 Å². The number of benzene rings is 1. The van der Waals surface area contributed by atoms with Crippen LogP contribution in [0.25, 0.3) is 10.9 Å². The van der Waals surface area contributed by atoms with Crippen LogP contribution in [0.3, 0.4) is 0 Å². The van der Waals surface area contributed by atoms with Crippen LogP contribution in [-0.2, 0) is 0 Å². The van der Waals surface area contributed by atoms with Gasteiger partial charge in [0.15, 0.2) is 0 Å². The summed E-state index contributed by atoms with van der Waals surface area (Å²) in [7, 11) is 0. The highest BCUT2D eigenvalue weighted by Gasteiger charge is 2.15. The van der Waals surface area contributed by atoms with Crippen LogP contribution in [0.1, 0.15) is 20.8 Å². The lowest BCUT2D eigenvalue weighted by Crippen LogP contribution is -2.21. The number of aromatic nitrogens is 1. The molecule has 100 valence electrons. The highest BCUT2D eigenvalue weighted by molar-refractivity contribution is 5.96. The van der Waals surface area contributed by atoms with Crippen molar-refractivity contribution in [3.8, 4) is 0 Å². The van der Waals surface area contributed by atoms with Gasteiger partial charge in [-0.3, -0.25) is 10.1 Å². The van der Waals surface area contributed by atoms with Crippen molar-refractivity contribution in [2.75, 3.05) is 5.32 Å². The molecule has 1 aromatic carbocycles. The van der Waals surface area contributed by atoms with Gasteiger partial charge in [0.2, 0.25) is 0 Å². The maximum atomic E-state index is 11.0. The number of nitrogens with one attached hydrogen (secondary N) is 1. The summed E-state index contributed by atoms with van der Waals surface area (Å²) in [6.45, 7) is 6.35. The van der Waals surface area contributed by atoms with Gasteiger partial charge >= 0.3 is 0 Å². The molecule has 2 aromatic rings. The van der Waals surface area contributed by atoms with Gasteiger partial charge in [0.1, 0.15) is 5.52 Å². The molecule has 0 saturated heterocycles. The van der Waals surface area contributed by atoms with Crippen molar-refractivity contribution in [3.63, 3.8) is 0 Å². The monoisotopic (exact) mass is 259 g/mol. The van der Waals surface area contributed by atoms with E-state index in [1.165, 1.54) is 6.07 Å². The largest absolute Gasteiger partial charge is 0.382 e. The standard InChI is InChI=1S/C14H17N3O2/c1-9(2)10(3)16-12-7-8-15-14-11(12)5-4-6-13(14)17(18)19/h4-10H,1-3H3,(H,15,16). The Bertz CT molecular complexity index is 611. The van der Waals surface area contributed by atoms with Gasteiger partial charge in [0.25, 0.3) is 5.69 Å². The van der Waals surface area contributed by atoms with Crippen LogP contribution in [0.15, 0.2) is 30.5 Å². The van der Waals surface area contributed by atoms with E-state index in [0.717, 1.165) is 11.1 Å². The normalized spacial score (nSPS) is 12.6. The molecule has 1 atom stereocenters. The van der Waals surface area contributed by atoms with E-state index in [0.29, 0.717) is 11.4 Å². The Hall–Kier alpha value is -2.17. The minimum Gasteiger partial charge on any atom is -0.382 e. The van der Waals surface area contributed by atoms with E-state index in [9.17, 15) is 10.1 Å². The summed E-state index contributed by atoms with van der Waals surface area (Å²) >= 11 is 0. The van der Waals surface area contributed by atoms with E-state index < -0.39 is 4.92 Å². The maximum Gasteiger partial charge on any atom is 0.295 e. The maximum absolute atomic E-state index is 11.0. The first-order valence-corrected chi connectivity index (χ1v) is 6.29. The van der Waals surface area contributed by atoms with Gasteiger partial charge in [-0.05, 0) is 18.9 Å². The predicted molar refractivity (Wildman–Crippen MR) is 76.3 cm³/mol. The predicted octanol–water partition coefficient (Wildman–Crippen LogP) is 3.60. The highest BCUT2D eigenvalue weighted by atomic mass is 16.6. The molecular weight excluding hydrogens is 242 g/mol. The summed E-state index contributed by atoms with van der Waals surface area (Å²) in [5.74, 6) is 0.474. The van der Waals surface area contributed by atoms with E-state index in [-0.39, 0.29) is 11.7 Å². The van der Waals surface area contributed by atoms with E-state index in [1.807, 2.05) is 12.1 Å². The van der Waals surface area contributed by atoms with Gasteiger partial charge in [-0.1, -0.05) is 26.0 Å². The number of nitro benzene ring substituents is 1. The number of fused-ring (bicyclic) bond motifs is 1. The molecule has 1 heterocycles. The number of pyridine rings is 1. The van der Waals surface area contributed by atoms with Crippen LogP contribution in [0, 0.1) is 16.0 Å². The number of nitrogens with zero attached hydrogens (tertiary/aromatic N) is 2. The average molecular weight is 259 g/mol. The van der Waals surface area contributed by atoms with Crippen LogP contribution in [-0.4, -0.2) is 15.9 Å². The molecule has 0 aliphatic heterocycles. The zero-order valence-corrected chi connectivity index (χ0v) is 11.3. The van der Waals surface area contributed by atoms with Crippen molar-refractivity contribution in [3.05, 3.63) is 40.6 Å². The molecule has 0 spiro atoms. The first-order valence-electron chi connectivity index (χ1n) is 6.29. The van der Waals surface area contributed by atoms with Crippen LogP contribution >= 0.6 is 0 Å². The van der Waals surface area contributed by atoms with Crippen LogP contribution in [0.5, 0.6) is 0 Å². The number of anilines is 1. The molecule has 0 aliphatic rings. The van der Waals surface area contributed by atoms with Crippen LogP contribution in [0.2, 0.25) is 0 Å². The topological polar surface area (TPSA) is 68.1 Å². The molecule has 0 saturated carbocycles. The third-order valence-electron chi connectivity index (χ3n) is 3.33. The summed E-state index contributed by atoms with van der Waals surface area (Å²) in [6.07, 6.45) is 1.60. The number of non-ortho nitro benzene ring substituents is 1. The molecule has 5 heteroatoms. The van der Waals surface area contributed by atoms with Crippen molar-refractivity contribution in [2.45, 2.75) is 26.8 Å². The lowest BCUT2D eigenvalue weighted by Gasteiger charge is -2.19. The molecule has 0 radical (unpaired) electrons. The molecule has 2 rings (SSSR count). The fourth-order valence-electron chi connectivity index (χ4n) is 1.85. The molecule has 19 heavy (non-hydrogen) atoms. The third-order valence-corrected chi connectivity index (χ3v) is 3.33. The Morgan fingerprint density at radius 2 is 2.00 bits per heavy atom. The number of hydrogen-bond donors (Lipinski definition) is 1. The van der Waals surface area contributed by atoms with Gasteiger partial charge in [0.05, 0.1) is 4.92 Å². The Morgan fingerprint density at radius 1 is 1.26 bits per heavy atom. The van der Waals surface area contributed by atoms with E-state index in [2.05, 4.69) is 31.1 Å². The van der Waals surface area contributed by atoms with Gasteiger partial charge < -0.3 is 5.32 Å². The number of rotatable bonds is 4. The summed E-state index contributed by atoms with van der Waals surface area (Å²) in [5.41, 5.74) is 1.35. The zero-order valence-electron chi connectivity index (χ0n) is 11.3. The molecule has 1 unspecified atom stereocenters. The lowest BCUT2D eigenvalue weighted by molar-refractivity contribution is -0.383. The highest BCUT2D eigenvalue weighted by Crippen LogP contribution is 2.29. The SMILES string of the molecule is CC(C)C(C)Nc1ccnc2c([N+](=O)[O-])cccc12. The average Bonchev–Trinajstić information content (AvgIpc) is 2.38. The smallest absolute Gasteiger partial charge is 0.295 e. The molecule has 0 fully saturated rings. The molecular formula is C14H17N3O2. The zero-order chi connectivity index (χ0) is 14.0.